The lowest BCUT2D eigenvalue weighted by Crippen LogP contribution is -2.51. The molecule has 106 valence electrons. The Labute approximate surface area is 112 Å². The molecule has 2 aliphatic rings. The van der Waals surface area contributed by atoms with Crippen LogP contribution in [0.4, 0.5) is 14.5 Å². The van der Waals surface area contributed by atoms with Gasteiger partial charge in [-0.3, -0.25) is 10.1 Å². The molecule has 6 nitrogen and oxygen atoms in total. The topological polar surface area (TPSA) is 90.8 Å². The zero-order valence-corrected chi connectivity index (χ0v) is 10.3. The highest BCUT2D eigenvalue weighted by molar-refractivity contribution is 5.74. The molecule has 0 saturated heterocycles. The van der Waals surface area contributed by atoms with Crippen molar-refractivity contribution in [1.29, 1.82) is 0 Å². The molecule has 1 heterocycles. The molecular formula is C12H11F2N3O3. The quantitative estimate of drug-likeness (QED) is 0.627. The lowest BCUT2D eigenvalue weighted by Gasteiger charge is -2.37. The Morgan fingerprint density at radius 3 is 2.90 bits per heavy atom. The van der Waals surface area contributed by atoms with E-state index in [1.807, 2.05) is 0 Å². The van der Waals surface area contributed by atoms with Gasteiger partial charge in [-0.25, -0.2) is 4.99 Å². The lowest BCUT2D eigenvalue weighted by molar-refractivity contribution is -0.385. The van der Waals surface area contributed by atoms with Crippen LogP contribution in [-0.4, -0.2) is 23.5 Å². The number of nitrogens with two attached hydrogens (primary N) is 1. The number of aliphatic imine (C=N–C) groups is 1. The first-order chi connectivity index (χ1) is 9.36. The average molecular weight is 283 g/mol. The number of amidine groups is 1. The monoisotopic (exact) mass is 283 g/mol. The normalized spacial score (nSPS) is 26.8. The number of nitro benzene ring substituents is 1. The second-order valence-corrected chi connectivity index (χ2v) is 4.90. The number of aryl methyl sites for hydroxylation is 1. The van der Waals surface area contributed by atoms with Gasteiger partial charge in [0, 0.05) is 12.1 Å². The first-order valence-corrected chi connectivity index (χ1v) is 5.99. The van der Waals surface area contributed by atoms with Crippen LogP contribution in [0.1, 0.15) is 17.5 Å². The van der Waals surface area contributed by atoms with E-state index in [-0.39, 0.29) is 23.7 Å². The van der Waals surface area contributed by atoms with Gasteiger partial charge in [0.1, 0.15) is 0 Å². The molecule has 0 amide bonds. The van der Waals surface area contributed by atoms with Crippen LogP contribution in [-0.2, 0) is 16.7 Å². The Kier molecular flexibility index (Phi) is 2.47. The molecule has 1 atom stereocenters. The SMILES string of the molecule is NC1=N[C@@]2(CCc3ccc([N+](=O)[O-])cc32)C(F)(F)CO1. The molecule has 0 saturated carbocycles. The van der Waals surface area contributed by atoms with Crippen LogP contribution in [0, 0.1) is 10.1 Å². The molecule has 0 aromatic heterocycles. The fourth-order valence-electron chi connectivity index (χ4n) is 2.81. The van der Waals surface area contributed by atoms with Crippen molar-refractivity contribution >= 4 is 11.7 Å². The van der Waals surface area contributed by atoms with Crippen LogP contribution >= 0.6 is 0 Å². The van der Waals surface area contributed by atoms with E-state index in [2.05, 4.69) is 9.73 Å². The van der Waals surface area contributed by atoms with Crippen LogP contribution in [0.15, 0.2) is 23.2 Å². The highest BCUT2D eigenvalue weighted by Crippen LogP contribution is 2.52. The molecule has 2 N–H and O–H groups in total. The number of rotatable bonds is 1. The highest BCUT2D eigenvalue weighted by atomic mass is 19.3. The molecule has 0 unspecified atom stereocenters. The number of fused-ring (bicyclic) bond motifs is 2. The minimum absolute atomic E-state index is 0.0561. The fourth-order valence-corrected chi connectivity index (χ4v) is 2.81. The number of ether oxygens (including phenoxy) is 1. The van der Waals surface area contributed by atoms with Gasteiger partial charge in [-0.2, -0.15) is 8.78 Å². The van der Waals surface area contributed by atoms with Crippen LogP contribution < -0.4 is 5.73 Å². The predicted octanol–water partition coefficient (Wildman–Crippen LogP) is 1.72. The second-order valence-electron chi connectivity index (χ2n) is 4.90. The van der Waals surface area contributed by atoms with Crippen LogP contribution in [0.5, 0.6) is 0 Å². The summed E-state index contributed by atoms with van der Waals surface area (Å²) >= 11 is 0. The first-order valence-electron chi connectivity index (χ1n) is 5.99. The molecule has 0 bridgehead atoms. The number of hydrogen-bond acceptors (Lipinski definition) is 5. The molecule has 1 aliphatic carbocycles. The van der Waals surface area contributed by atoms with Gasteiger partial charge >= 0.3 is 5.92 Å². The van der Waals surface area contributed by atoms with Crippen LogP contribution in [0.25, 0.3) is 0 Å². The average Bonchev–Trinajstić information content (AvgIpc) is 2.75. The van der Waals surface area contributed by atoms with E-state index < -0.39 is 23.0 Å². The van der Waals surface area contributed by atoms with E-state index in [1.165, 1.54) is 18.2 Å². The number of nitrogens with zero attached hydrogens (tertiary/aromatic N) is 2. The number of hydrogen-bond donors (Lipinski definition) is 1. The van der Waals surface area contributed by atoms with Crippen LogP contribution in [0.2, 0.25) is 0 Å². The van der Waals surface area contributed by atoms with Crippen molar-refractivity contribution in [2.45, 2.75) is 24.3 Å². The number of nitro groups is 1. The third-order valence-corrected chi connectivity index (χ3v) is 3.81. The van der Waals surface area contributed by atoms with Crippen molar-refractivity contribution in [3.8, 4) is 0 Å². The molecular weight excluding hydrogens is 272 g/mol. The molecule has 0 radical (unpaired) electrons. The standard InChI is InChI=1S/C12H11F2N3O3/c13-12(14)6-20-10(15)16-11(12)4-3-7-1-2-8(17(18)19)5-9(7)11/h1-2,5H,3-4,6H2,(H2,15,16)/t11-/m1/s1. The maximum Gasteiger partial charge on any atom is 0.310 e. The van der Waals surface area contributed by atoms with Gasteiger partial charge in [-0.1, -0.05) is 6.07 Å². The van der Waals surface area contributed by atoms with Gasteiger partial charge in [0.15, 0.2) is 12.1 Å². The van der Waals surface area contributed by atoms with Gasteiger partial charge in [-0.05, 0) is 24.0 Å². The molecule has 20 heavy (non-hydrogen) atoms. The zero-order valence-electron chi connectivity index (χ0n) is 10.3. The second kappa shape index (κ2) is 3.87. The van der Waals surface area contributed by atoms with Gasteiger partial charge in [0.2, 0.25) is 0 Å². The third-order valence-electron chi connectivity index (χ3n) is 3.81. The first kappa shape index (κ1) is 12.8. The Balaban J connectivity index is 2.22. The van der Waals surface area contributed by atoms with Crippen molar-refractivity contribution in [1.82, 2.24) is 0 Å². The largest absolute Gasteiger partial charge is 0.459 e. The molecule has 3 rings (SSSR count). The van der Waals surface area contributed by atoms with Crippen molar-refractivity contribution in [3.63, 3.8) is 0 Å². The zero-order chi connectivity index (χ0) is 14.5. The summed E-state index contributed by atoms with van der Waals surface area (Å²) in [7, 11) is 0. The van der Waals surface area contributed by atoms with Crippen molar-refractivity contribution < 1.29 is 18.4 Å². The van der Waals surface area contributed by atoms with Gasteiger partial charge in [-0.15, -0.1) is 0 Å². The van der Waals surface area contributed by atoms with E-state index in [9.17, 15) is 18.9 Å². The van der Waals surface area contributed by atoms with Crippen molar-refractivity contribution in [3.05, 3.63) is 39.4 Å². The minimum Gasteiger partial charge on any atom is -0.459 e. The number of non-ortho nitro benzene ring substituents is 1. The summed E-state index contributed by atoms with van der Waals surface area (Å²) in [6.07, 6.45) is 0.431. The maximum atomic E-state index is 14.3. The summed E-state index contributed by atoms with van der Waals surface area (Å²) in [5.74, 6) is -3.25. The number of halogens is 2. The van der Waals surface area contributed by atoms with E-state index in [0.717, 1.165) is 0 Å². The lowest BCUT2D eigenvalue weighted by atomic mass is 9.85. The Morgan fingerprint density at radius 1 is 1.45 bits per heavy atom. The molecule has 8 heteroatoms. The van der Waals surface area contributed by atoms with Gasteiger partial charge < -0.3 is 10.5 Å². The van der Waals surface area contributed by atoms with E-state index >= 15 is 0 Å². The molecule has 1 aromatic rings. The fraction of sp³-hybridized carbons (Fsp3) is 0.417. The summed E-state index contributed by atoms with van der Waals surface area (Å²) in [6.45, 7) is -0.871. The Morgan fingerprint density at radius 2 is 2.20 bits per heavy atom. The minimum atomic E-state index is -3.25. The van der Waals surface area contributed by atoms with E-state index in [0.29, 0.717) is 12.0 Å². The van der Waals surface area contributed by atoms with Crippen molar-refractivity contribution in [2.24, 2.45) is 10.7 Å². The van der Waals surface area contributed by atoms with E-state index in [4.69, 9.17) is 5.73 Å². The molecule has 1 spiro atoms. The predicted molar refractivity (Wildman–Crippen MR) is 65.6 cm³/mol. The Hall–Kier alpha value is -2.25. The van der Waals surface area contributed by atoms with Gasteiger partial charge in [0.25, 0.3) is 11.7 Å². The summed E-state index contributed by atoms with van der Waals surface area (Å²) in [5, 5.41) is 10.8. The molecule has 1 aromatic carbocycles. The molecule has 0 fully saturated rings. The third kappa shape index (κ3) is 1.57. The van der Waals surface area contributed by atoms with Crippen molar-refractivity contribution in [2.75, 3.05) is 6.61 Å². The number of alkyl halides is 2. The summed E-state index contributed by atoms with van der Waals surface area (Å²) < 4.78 is 33.2. The van der Waals surface area contributed by atoms with E-state index in [1.54, 1.807) is 0 Å². The smallest absolute Gasteiger partial charge is 0.310 e. The van der Waals surface area contributed by atoms with Gasteiger partial charge in [0.05, 0.1) is 4.92 Å². The number of benzene rings is 1. The summed E-state index contributed by atoms with van der Waals surface area (Å²) in [5.41, 5.74) is 4.14. The Bertz CT molecular complexity index is 632. The maximum absolute atomic E-state index is 14.3. The summed E-state index contributed by atoms with van der Waals surface area (Å²) in [4.78, 5) is 14.0. The molecule has 1 aliphatic heterocycles. The summed E-state index contributed by atoms with van der Waals surface area (Å²) in [6, 6.07) is 3.66. The van der Waals surface area contributed by atoms with Crippen LogP contribution in [0.3, 0.4) is 0 Å². The highest BCUT2D eigenvalue weighted by Gasteiger charge is 2.61.